The molecule has 0 atom stereocenters. The van der Waals surface area contributed by atoms with Gasteiger partial charge in [0.05, 0.1) is 16.1 Å². The number of anilines is 1. The van der Waals surface area contributed by atoms with Gasteiger partial charge in [0, 0.05) is 0 Å². The number of carboxylic acids is 1. The van der Waals surface area contributed by atoms with Gasteiger partial charge in [-0.3, -0.25) is 4.72 Å². The number of hydrogen-bond acceptors (Lipinski definition) is 3. The normalized spacial score (nSPS) is 11.3. The molecule has 0 aliphatic heterocycles. The first-order valence-electron chi connectivity index (χ1n) is 6.82. The van der Waals surface area contributed by atoms with Crippen LogP contribution in [0.15, 0.2) is 71.6 Å². The Kier molecular flexibility index (Phi) is 3.75. The van der Waals surface area contributed by atoms with Crippen molar-refractivity contribution >= 4 is 32.5 Å². The number of aromatic carboxylic acids is 1. The van der Waals surface area contributed by atoms with Crippen molar-refractivity contribution in [2.24, 2.45) is 0 Å². The predicted molar refractivity (Wildman–Crippen MR) is 88.2 cm³/mol. The molecular formula is C17H13NO4S. The first-order chi connectivity index (χ1) is 11.0. The minimum atomic E-state index is -3.85. The van der Waals surface area contributed by atoms with Crippen LogP contribution in [0.2, 0.25) is 0 Å². The van der Waals surface area contributed by atoms with Crippen LogP contribution in [0.1, 0.15) is 10.4 Å². The van der Waals surface area contributed by atoms with Gasteiger partial charge >= 0.3 is 5.97 Å². The summed E-state index contributed by atoms with van der Waals surface area (Å²) >= 11 is 0. The lowest BCUT2D eigenvalue weighted by Gasteiger charge is -2.12. The molecule has 3 aromatic rings. The van der Waals surface area contributed by atoms with Crippen LogP contribution < -0.4 is 4.72 Å². The molecule has 116 valence electrons. The summed E-state index contributed by atoms with van der Waals surface area (Å²) in [7, 11) is -3.85. The molecule has 0 radical (unpaired) electrons. The van der Waals surface area contributed by atoms with E-state index in [2.05, 4.69) is 4.72 Å². The lowest BCUT2D eigenvalue weighted by molar-refractivity contribution is 0.0700. The van der Waals surface area contributed by atoms with Gasteiger partial charge in [-0.25, -0.2) is 13.2 Å². The highest BCUT2D eigenvalue weighted by Crippen LogP contribution is 2.28. The number of rotatable bonds is 4. The number of carbonyl (C=O) groups is 1. The Hall–Kier alpha value is -2.86. The van der Waals surface area contributed by atoms with Gasteiger partial charge in [-0.1, -0.05) is 48.5 Å². The lowest BCUT2D eigenvalue weighted by Crippen LogP contribution is -2.15. The fourth-order valence-corrected chi connectivity index (χ4v) is 3.48. The molecule has 2 N–H and O–H groups in total. The summed E-state index contributed by atoms with van der Waals surface area (Å²) in [6.45, 7) is 0. The van der Waals surface area contributed by atoms with E-state index in [1.807, 2.05) is 0 Å². The van der Waals surface area contributed by atoms with Crippen LogP contribution in [0.4, 0.5) is 5.69 Å². The average molecular weight is 327 g/mol. The summed E-state index contributed by atoms with van der Waals surface area (Å²) in [5, 5.41) is 10.7. The predicted octanol–water partition coefficient (Wildman–Crippen LogP) is 3.34. The molecule has 3 rings (SSSR count). The number of benzene rings is 3. The standard InChI is InChI=1S/C17H13NO4S/c19-17(20)16-14-9-5-4-6-12(14)10-11-15(16)18-23(21,22)13-7-2-1-3-8-13/h1-11,18H,(H,19,20). The summed E-state index contributed by atoms with van der Waals surface area (Å²) in [6, 6.07) is 17.9. The molecule has 0 bridgehead atoms. The summed E-state index contributed by atoms with van der Waals surface area (Å²) in [6.07, 6.45) is 0. The third kappa shape index (κ3) is 2.89. The van der Waals surface area contributed by atoms with Crippen molar-refractivity contribution in [3.05, 3.63) is 72.3 Å². The first-order valence-corrected chi connectivity index (χ1v) is 8.30. The smallest absolute Gasteiger partial charge is 0.338 e. The van der Waals surface area contributed by atoms with Gasteiger partial charge in [-0.15, -0.1) is 0 Å². The summed E-state index contributed by atoms with van der Waals surface area (Å²) < 4.78 is 27.2. The highest BCUT2D eigenvalue weighted by molar-refractivity contribution is 7.92. The average Bonchev–Trinajstić information content (AvgIpc) is 2.55. The van der Waals surface area contributed by atoms with Crippen LogP contribution in [0.5, 0.6) is 0 Å². The van der Waals surface area contributed by atoms with Crippen LogP contribution in [0, 0.1) is 0 Å². The fourth-order valence-electron chi connectivity index (χ4n) is 2.39. The van der Waals surface area contributed by atoms with E-state index in [1.165, 1.54) is 18.2 Å². The summed E-state index contributed by atoms with van der Waals surface area (Å²) in [4.78, 5) is 11.7. The maximum Gasteiger partial charge on any atom is 0.338 e. The molecule has 0 saturated carbocycles. The van der Waals surface area contributed by atoms with Gasteiger partial charge in [0.15, 0.2) is 0 Å². The van der Waals surface area contributed by atoms with E-state index in [1.54, 1.807) is 48.5 Å². The molecular weight excluding hydrogens is 314 g/mol. The van der Waals surface area contributed by atoms with Gasteiger partial charge < -0.3 is 5.11 Å². The zero-order valence-electron chi connectivity index (χ0n) is 11.9. The Balaban J connectivity index is 2.14. The van der Waals surface area contributed by atoms with Crippen molar-refractivity contribution < 1.29 is 18.3 Å². The van der Waals surface area contributed by atoms with Gasteiger partial charge in [0.25, 0.3) is 10.0 Å². The molecule has 23 heavy (non-hydrogen) atoms. The van der Waals surface area contributed by atoms with Crippen molar-refractivity contribution in [1.82, 2.24) is 0 Å². The summed E-state index contributed by atoms with van der Waals surface area (Å²) in [5.41, 5.74) is -0.0253. The quantitative estimate of drug-likeness (QED) is 0.770. The van der Waals surface area contributed by atoms with E-state index < -0.39 is 16.0 Å². The van der Waals surface area contributed by atoms with Crippen molar-refractivity contribution in [3.63, 3.8) is 0 Å². The molecule has 0 spiro atoms. The van der Waals surface area contributed by atoms with E-state index in [4.69, 9.17) is 0 Å². The Bertz CT molecular complexity index is 982. The first kappa shape index (κ1) is 15.1. The van der Waals surface area contributed by atoms with Gasteiger partial charge in [0.1, 0.15) is 0 Å². The largest absolute Gasteiger partial charge is 0.478 e. The molecule has 0 saturated heterocycles. The van der Waals surface area contributed by atoms with E-state index in [0.717, 1.165) is 5.39 Å². The molecule has 0 aliphatic carbocycles. The van der Waals surface area contributed by atoms with E-state index >= 15 is 0 Å². The van der Waals surface area contributed by atoms with Gasteiger partial charge in [-0.05, 0) is 29.0 Å². The molecule has 0 unspecified atom stereocenters. The SMILES string of the molecule is O=C(O)c1c(NS(=O)(=O)c2ccccc2)ccc2ccccc12. The zero-order chi connectivity index (χ0) is 16.4. The number of nitrogens with one attached hydrogen (secondary N) is 1. The van der Waals surface area contributed by atoms with Crippen LogP contribution in [-0.2, 0) is 10.0 Å². The molecule has 3 aromatic carbocycles. The molecule has 0 heterocycles. The molecule has 6 heteroatoms. The number of hydrogen-bond donors (Lipinski definition) is 2. The number of fused-ring (bicyclic) bond motifs is 1. The van der Waals surface area contributed by atoms with Gasteiger partial charge in [-0.2, -0.15) is 0 Å². The van der Waals surface area contributed by atoms with Crippen molar-refractivity contribution in [2.75, 3.05) is 4.72 Å². The van der Waals surface area contributed by atoms with E-state index in [9.17, 15) is 18.3 Å². The van der Waals surface area contributed by atoms with Gasteiger partial charge in [0.2, 0.25) is 0 Å². The minimum Gasteiger partial charge on any atom is -0.478 e. The van der Waals surface area contributed by atoms with Crippen molar-refractivity contribution in [1.29, 1.82) is 0 Å². The van der Waals surface area contributed by atoms with Crippen LogP contribution >= 0.6 is 0 Å². The maximum atomic E-state index is 12.4. The topological polar surface area (TPSA) is 83.5 Å². The van der Waals surface area contributed by atoms with Crippen molar-refractivity contribution in [3.8, 4) is 0 Å². The number of carboxylic acid groups (broad SMARTS) is 1. The van der Waals surface area contributed by atoms with Crippen LogP contribution in [0.25, 0.3) is 10.8 Å². The van der Waals surface area contributed by atoms with Crippen molar-refractivity contribution in [2.45, 2.75) is 4.90 Å². The second-order valence-corrected chi connectivity index (χ2v) is 6.62. The number of sulfonamides is 1. The summed E-state index contributed by atoms with van der Waals surface area (Å²) in [5.74, 6) is -1.19. The Morgan fingerprint density at radius 3 is 2.22 bits per heavy atom. The van der Waals surface area contributed by atoms with E-state index in [-0.39, 0.29) is 16.1 Å². The highest BCUT2D eigenvalue weighted by atomic mass is 32.2. The Morgan fingerprint density at radius 2 is 1.52 bits per heavy atom. The lowest BCUT2D eigenvalue weighted by atomic mass is 10.0. The van der Waals surface area contributed by atoms with Crippen LogP contribution in [-0.4, -0.2) is 19.5 Å². The molecule has 0 amide bonds. The molecule has 0 aromatic heterocycles. The monoisotopic (exact) mass is 327 g/mol. The third-order valence-corrected chi connectivity index (χ3v) is 4.82. The second kappa shape index (κ2) is 5.73. The second-order valence-electron chi connectivity index (χ2n) is 4.93. The maximum absolute atomic E-state index is 12.4. The highest BCUT2D eigenvalue weighted by Gasteiger charge is 2.20. The molecule has 5 nitrogen and oxygen atoms in total. The van der Waals surface area contributed by atoms with E-state index in [0.29, 0.717) is 5.39 Å². The zero-order valence-corrected chi connectivity index (χ0v) is 12.7. The third-order valence-electron chi connectivity index (χ3n) is 3.44. The Labute approximate surface area is 133 Å². The Morgan fingerprint density at radius 1 is 0.870 bits per heavy atom. The fraction of sp³-hybridized carbons (Fsp3) is 0. The molecule has 0 aliphatic rings. The minimum absolute atomic E-state index is 0.0417. The van der Waals surface area contributed by atoms with Crippen LogP contribution in [0.3, 0.4) is 0 Å². The molecule has 0 fully saturated rings.